The third-order valence-electron chi connectivity index (χ3n) is 4.30. The topological polar surface area (TPSA) is 52.6 Å². The summed E-state index contributed by atoms with van der Waals surface area (Å²) in [6, 6.07) is 8.61. The van der Waals surface area contributed by atoms with Crippen molar-refractivity contribution >= 4 is 27.6 Å². The van der Waals surface area contributed by atoms with Crippen LogP contribution in [0.4, 0.5) is 5.69 Å². The molecule has 2 aliphatic rings. The van der Waals surface area contributed by atoms with Crippen LogP contribution in [0.3, 0.4) is 0 Å². The van der Waals surface area contributed by atoms with Crippen molar-refractivity contribution in [3.8, 4) is 0 Å². The summed E-state index contributed by atoms with van der Waals surface area (Å²) in [7, 11) is 0. The van der Waals surface area contributed by atoms with Gasteiger partial charge in [-0.3, -0.25) is 4.90 Å². The van der Waals surface area contributed by atoms with Gasteiger partial charge >= 0.3 is 5.97 Å². The van der Waals surface area contributed by atoms with Crippen LogP contribution in [0.5, 0.6) is 0 Å². The van der Waals surface area contributed by atoms with E-state index in [2.05, 4.69) is 33.1 Å². The molecular weight excluding hydrogens is 320 g/mol. The molecule has 3 rings (SSSR count). The molecule has 1 saturated heterocycles. The van der Waals surface area contributed by atoms with Gasteiger partial charge in [0.2, 0.25) is 0 Å². The van der Waals surface area contributed by atoms with Crippen LogP contribution in [0.1, 0.15) is 26.2 Å². The Morgan fingerprint density at radius 3 is 2.85 bits per heavy atom. The molecule has 0 spiro atoms. The second-order valence-corrected chi connectivity index (χ2v) is 6.89. The zero-order chi connectivity index (χ0) is 14.3. The maximum atomic E-state index is 11.8. The number of nitrogens with zero attached hydrogens (tertiary/aromatic N) is 1. The number of rotatable bonds is 4. The van der Waals surface area contributed by atoms with E-state index in [0.717, 1.165) is 10.2 Å². The lowest BCUT2D eigenvalue weighted by atomic mass is 9.96. The van der Waals surface area contributed by atoms with Gasteiger partial charge in [0.05, 0.1) is 0 Å². The summed E-state index contributed by atoms with van der Waals surface area (Å²) in [5, 5.41) is 13.0. The molecule has 1 saturated carbocycles. The number of hydrogen-bond acceptors (Lipinski definition) is 3. The summed E-state index contributed by atoms with van der Waals surface area (Å²) >= 11 is 3.43. The van der Waals surface area contributed by atoms with Crippen LogP contribution in [0.15, 0.2) is 28.7 Å². The Bertz CT molecular complexity index is 532. The summed E-state index contributed by atoms with van der Waals surface area (Å²) in [5.74, 6) is -0.757. The lowest BCUT2D eigenvalue weighted by Crippen LogP contribution is -2.49. The molecule has 4 nitrogen and oxygen atoms in total. The van der Waals surface area contributed by atoms with E-state index in [4.69, 9.17) is 0 Å². The van der Waals surface area contributed by atoms with Crippen molar-refractivity contribution in [2.45, 2.75) is 43.8 Å². The van der Waals surface area contributed by atoms with E-state index >= 15 is 0 Å². The third-order valence-corrected chi connectivity index (χ3v) is 4.79. The van der Waals surface area contributed by atoms with Gasteiger partial charge in [0.1, 0.15) is 5.54 Å². The van der Waals surface area contributed by atoms with Crippen LogP contribution >= 0.6 is 15.9 Å². The average Bonchev–Trinajstić information content (AvgIpc) is 3.15. The number of anilines is 1. The maximum absolute atomic E-state index is 11.8. The molecule has 0 bridgehead atoms. The molecule has 1 aromatic carbocycles. The second-order valence-electron chi connectivity index (χ2n) is 5.98. The molecule has 0 amide bonds. The summed E-state index contributed by atoms with van der Waals surface area (Å²) in [6.45, 7) is 2.71. The fourth-order valence-electron chi connectivity index (χ4n) is 3.19. The second kappa shape index (κ2) is 5.04. The molecule has 20 heavy (non-hydrogen) atoms. The fraction of sp³-hybridized carbons (Fsp3) is 0.533. The highest BCUT2D eigenvalue weighted by molar-refractivity contribution is 9.10. The Hall–Kier alpha value is -1.07. The molecule has 2 N–H and O–H groups in total. The van der Waals surface area contributed by atoms with Gasteiger partial charge in [-0.1, -0.05) is 22.0 Å². The van der Waals surface area contributed by atoms with Gasteiger partial charge in [0, 0.05) is 28.8 Å². The minimum atomic E-state index is -0.872. The molecule has 2 fully saturated rings. The quantitative estimate of drug-likeness (QED) is 0.886. The molecular formula is C15H19BrN2O2. The molecule has 2 atom stereocenters. The van der Waals surface area contributed by atoms with Crippen LogP contribution < -0.4 is 5.32 Å². The van der Waals surface area contributed by atoms with Gasteiger partial charge in [-0.25, -0.2) is 4.79 Å². The maximum Gasteiger partial charge on any atom is 0.330 e. The summed E-state index contributed by atoms with van der Waals surface area (Å²) in [4.78, 5) is 14.2. The van der Waals surface area contributed by atoms with Gasteiger partial charge in [0.15, 0.2) is 0 Å². The van der Waals surface area contributed by atoms with Crippen molar-refractivity contribution in [1.82, 2.24) is 4.90 Å². The largest absolute Gasteiger partial charge is 0.479 e. The van der Waals surface area contributed by atoms with Crippen molar-refractivity contribution in [1.29, 1.82) is 0 Å². The minimum absolute atomic E-state index is 0.318. The molecule has 1 aliphatic carbocycles. The molecule has 0 radical (unpaired) electrons. The zero-order valence-electron chi connectivity index (χ0n) is 11.5. The number of carbonyl (C=O) groups is 1. The number of carboxylic acid groups (broad SMARTS) is 1. The number of likely N-dealkylation sites (tertiary alicyclic amines) is 1. The lowest BCUT2D eigenvalue weighted by Gasteiger charge is -2.27. The smallest absolute Gasteiger partial charge is 0.330 e. The van der Waals surface area contributed by atoms with Crippen LogP contribution in [0, 0.1) is 0 Å². The van der Waals surface area contributed by atoms with E-state index < -0.39 is 11.5 Å². The van der Waals surface area contributed by atoms with Crippen molar-refractivity contribution in [2.75, 3.05) is 11.9 Å². The van der Waals surface area contributed by atoms with E-state index in [0.29, 0.717) is 25.0 Å². The monoisotopic (exact) mass is 338 g/mol. The molecule has 5 heteroatoms. The van der Waals surface area contributed by atoms with E-state index in [1.807, 2.05) is 24.3 Å². The van der Waals surface area contributed by atoms with Gasteiger partial charge in [0.25, 0.3) is 0 Å². The lowest BCUT2D eigenvalue weighted by molar-refractivity contribution is -0.141. The van der Waals surface area contributed by atoms with Gasteiger partial charge in [-0.05, 0) is 44.4 Å². The van der Waals surface area contributed by atoms with E-state index in [1.165, 1.54) is 12.8 Å². The zero-order valence-corrected chi connectivity index (χ0v) is 13.1. The molecule has 2 unspecified atom stereocenters. The van der Waals surface area contributed by atoms with Crippen molar-refractivity contribution in [2.24, 2.45) is 0 Å². The number of carboxylic acids is 1. The summed E-state index contributed by atoms with van der Waals surface area (Å²) in [5.41, 5.74) is -0.0189. The fourth-order valence-corrected chi connectivity index (χ4v) is 3.59. The molecule has 1 aromatic rings. The highest BCUT2D eigenvalue weighted by Gasteiger charge is 2.51. The van der Waals surface area contributed by atoms with Gasteiger partial charge in [-0.15, -0.1) is 0 Å². The normalized spacial score (nSPS) is 30.4. The van der Waals surface area contributed by atoms with Gasteiger partial charge < -0.3 is 10.4 Å². The van der Waals surface area contributed by atoms with Crippen molar-refractivity contribution in [3.05, 3.63) is 28.7 Å². The Morgan fingerprint density at radius 1 is 1.50 bits per heavy atom. The highest BCUT2D eigenvalue weighted by atomic mass is 79.9. The Labute approximate surface area is 127 Å². The Balaban J connectivity index is 1.84. The Morgan fingerprint density at radius 2 is 2.25 bits per heavy atom. The number of hydrogen-bond donors (Lipinski definition) is 2. The first kappa shape index (κ1) is 13.9. The first-order valence-corrected chi connectivity index (χ1v) is 7.82. The number of benzene rings is 1. The van der Waals surface area contributed by atoms with Crippen molar-refractivity contribution < 1.29 is 9.90 Å². The van der Waals surface area contributed by atoms with Crippen LogP contribution in [0.25, 0.3) is 0 Å². The van der Waals surface area contributed by atoms with Crippen LogP contribution in [0.2, 0.25) is 0 Å². The van der Waals surface area contributed by atoms with E-state index in [9.17, 15) is 9.90 Å². The Kier molecular flexibility index (Phi) is 3.50. The van der Waals surface area contributed by atoms with Crippen LogP contribution in [-0.4, -0.2) is 40.1 Å². The van der Waals surface area contributed by atoms with Crippen molar-refractivity contribution in [3.63, 3.8) is 0 Å². The van der Waals surface area contributed by atoms with E-state index in [1.54, 1.807) is 0 Å². The molecule has 108 valence electrons. The SMILES string of the molecule is CC1CC(Nc2cccc(Br)c2)(C(=O)O)CN1C1CC1. The number of nitrogens with one attached hydrogen (secondary N) is 1. The standard InChI is InChI=1S/C15H19BrN2O2/c1-10-8-15(14(19)20,9-18(10)13-5-6-13)17-12-4-2-3-11(16)7-12/h2-4,7,10,13,17H,5-6,8-9H2,1H3,(H,19,20). The van der Waals surface area contributed by atoms with Crippen LogP contribution in [-0.2, 0) is 4.79 Å². The average molecular weight is 339 g/mol. The predicted molar refractivity (Wildman–Crippen MR) is 81.9 cm³/mol. The number of aliphatic carboxylic acids is 1. The molecule has 1 heterocycles. The summed E-state index contributed by atoms with van der Waals surface area (Å²) in [6.07, 6.45) is 3.05. The first-order chi connectivity index (χ1) is 9.50. The van der Waals surface area contributed by atoms with Gasteiger partial charge in [-0.2, -0.15) is 0 Å². The number of halogens is 1. The third kappa shape index (κ3) is 2.56. The van der Waals surface area contributed by atoms with E-state index in [-0.39, 0.29) is 0 Å². The predicted octanol–water partition coefficient (Wildman–Crippen LogP) is 2.94. The summed E-state index contributed by atoms with van der Waals surface area (Å²) < 4.78 is 0.952. The minimum Gasteiger partial charge on any atom is -0.479 e. The molecule has 1 aliphatic heterocycles. The molecule has 0 aromatic heterocycles. The highest BCUT2D eigenvalue weighted by Crippen LogP contribution is 2.39. The first-order valence-electron chi connectivity index (χ1n) is 7.03.